The van der Waals surface area contributed by atoms with Gasteiger partial charge in [0.05, 0.1) is 16.2 Å². The van der Waals surface area contributed by atoms with Crippen molar-refractivity contribution >= 4 is 44.1 Å². The van der Waals surface area contributed by atoms with Gasteiger partial charge in [0, 0.05) is 11.9 Å². The average Bonchev–Trinajstić information content (AvgIpc) is 2.89. The molecule has 2 aromatic heterocycles. The van der Waals surface area contributed by atoms with Crippen LogP contribution in [0.2, 0.25) is 0 Å². The Morgan fingerprint density at radius 2 is 2.19 bits per heavy atom. The molecule has 0 saturated heterocycles. The van der Waals surface area contributed by atoms with Crippen LogP contribution in [0.25, 0.3) is 0 Å². The molecular formula is C13H15BrN4O2S. The summed E-state index contributed by atoms with van der Waals surface area (Å²) in [6.45, 7) is 3.86. The van der Waals surface area contributed by atoms with Gasteiger partial charge in [-0.15, -0.1) is 11.3 Å². The molecule has 3 N–H and O–H groups in total. The van der Waals surface area contributed by atoms with Crippen molar-refractivity contribution in [2.24, 2.45) is 12.8 Å². The van der Waals surface area contributed by atoms with Crippen LogP contribution in [0.15, 0.2) is 10.7 Å². The molecule has 0 spiro atoms. The number of thiophene rings is 1. The molecule has 0 bridgehead atoms. The van der Waals surface area contributed by atoms with E-state index in [1.807, 2.05) is 13.8 Å². The van der Waals surface area contributed by atoms with Crippen molar-refractivity contribution in [2.45, 2.75) is 20.3 Å². The van der Waals surface area contributed by atoms with E-state index in [4.69, 9.17) is 5.73 Å². The normalized spacial score (nSPS) is 10.7. The monoisotopic (exact) mass is 370 g/mol. The van der Waals surface area contributed by atoms with E-state index in [2.05, 4.69) is 26.3 Å². The van der Waals surface area contributed by atoms with Crippen LogP contribution in [0.3, 0.4) is 0 Å². The number of aromatic nitrogens is 2. The third-order valence-corrected chi connectivity index (χ3v) is 4.79. The lowest BCUT2D eigenvalue weighted by Crippen LogP contribution is -2.20. The van der Waals surface area contributed by atoms with Crippen molar-refractivity contribution in [2.75, 3.05) is 5.32 Å². The van der Waals surface area contributed by atoms with Gasteiger partial charge in [0.15, 0.2) is 0 Å². The summed E-state index contributed by atoms with van der Waals surface area (Å²) in [6.07, 6.45) is 2.23. The van der Waals surface area contributed by atoms with Crippen LogP contribution in [-0.2, 0) is 13.5 Å². The summed E-state index contributed by atoms with van der Waals surface area (Å²) in [4.78, 5) is 25.0. The van der Waals surface area contributed by atoms with Gasteiger partial charge in [-0.3, -0.25) is 14.3 Å². The molecule has 2 rings (SSSR count). The minimum Gasteiger partial charge on any atom is -0.365 e. The molecule has 2 heterocycles. The summed E-state index contributed by atoms with van der Waals surface area (Å²) >= 11 is 4.63. The summed E-state index contributed by atoms with van der Waals surface area (Å²) in [5.41, 5.74) is 7.11. The fourth-order valence-corrected chi connectivity index (χ4v) is 3.86. The molecule has 2 amide bonds. The molecule has 2 aromatic rings. The molecule has 8 heteroatoms. The van der Waals surface area contributed by atoms with E-state index in [1.165, 1.54) is 16.0 Å². The molecule has 0 aliphatic rings. The summed E-state index contributed by atoms with van der Waals surface area (Å²) in [7, 11) is 1.67. The van der Waals surface area contributed by atoms with Crippen molar-refractivity contribution in [3.05, 3.63) is 32.4 Å². The Bertz CT molecular complexity index is 701. The smallest absolute Gasteiger partial charge is 0.275 e. The average molecular weight is 371 g/mol. The second-order valence-corrected chi connectivity index (χ2v) is 6.56. The van der Waals surface area contributed by atoms with Gasteiger partial charge in [-0.1, -0.05) is 6.92 Å². The fourth-order valence-electron chi connectivity index (χ4n) is 2.18. The SMILES string of the molecule is CCc1c(C)sc(NC(=O)c2c(Br)cnn2C)c1C(N)=O. The van der Waals surface area contributed by atoms with E-state index in [-0.39, 0.29) is 5.91 Å². The molecule has 0 atom stereocenters. The van der Waals surface area contributed by atoms with Crippen molar-refractivity contribution in [1.82, 2.24) is 9.78 Å². The van der Waals surface area contributed by atoms with Crippen LogP contribution in [0.4, 0.5) is 5.00 Å². The Hall–Kier alpha value is -1.67. The van der Waals surface area contributed by atoms with Crippen molar-refractivity contribution in [1.29, 1.82) is 0 Å². The van der Waals surface area contributed by atoms with E-state index in [0.717, 1.165) is 10.4 Å². The van der Waals surface area contributed by atoms with Gasteiger partial charge in [-0.05, 0) is 34.8 Å². The summed E-state index contributed by atoms with van der Waals surface area (Å²) in [6, 6.07) is 0. The van der Waals surface area contributed by atoms with Gasteiger partial charge in [0.1, 0.15) is 10.7 Å². The van der Waals surface area contributed by atoms with Crippen molar-refractivity contribution in [3.8, 4) is 0 Å². The number of nitrogens with one attached hydrogen (secondary N) is 1. The molecule has 6 nitrogen and oxygen atoms in total. The molecular weight excluding hydrogens is 356 g/mol. The molecule has 0 aromatic carbocycles. The number of halogens is 1. The predicted octanol–water partition coefficient (Wildman–Crippen LogP) is 2.47. The molecule has 21 heavy (non-hydrogen) atoms. The number of rotatable bonds is 4. The van der Waals surface area contributed by atoms with E-state index < -0.39 is 5.91 Å². The number of nitrogens with zero attached hydrogens (tertiary/aromatic N) is 2. The van der Waals surface area contributed by atoms with Gasteiger partial charge in [0.25, 0.3) is 11.8 Å². The zero-order valence-corrected chi connectivity index (χ0v) is 14.3. The van der Waals surface area contributed by atoms with Gasteiger partial charge >= 0.3 is 0 Å². The van der Waals surface area contributed by atoms with Gasteiger partial charge < -0.3 is 11.1 Å². The number of hydrogen-bond donors (Lipinski definition) is 2. The summed E-state index contributed by atoms with van der Waals surface area (Å²) in [5, 5.41) is 7.24. The minimum absolute atomic E-state index is 0.340. The quantitative estimate of drug-likeness (QED) is 0.865. The number of carbonyl (C=O) groups is 2. The highest BCUT2D eigenvalue weighted by Gasteiger charge is 2.23. The van der Waals surface area contributed by atoms with E-state index in [9.17, 15) is 9.59 Å². The lowest BCUT2D eigenvalue weighted by Gasteiger charge is -2.06. The standard InChI is InChI=1S/C13H15BrN4O2S/c1-4-7-6(2)21-13(9(7)11(15)19)17-12(20)10-8(14)5-16-18(10)3/h5H,4H2,1-3H3,(H2,15,19)(H,17,20). The topological polar surface area (TPSA) is 90.0 Å². The highest BCUT2D eigenvalue weighted by atomic mass is 79.9. The molecule has 0 fully saturated rings. The number of aryl methyl sites for hydroxylation is 2. The Morgan fingerprint density at radius 3 is 2.67 bits per heavy atom. The number of hydrogen-bond acceptors (Lipinski definition) is 4. The highest BCUT2D eigenvalue weighted by molar-refractivity contribution is 9.10. The fraction of sp³-hybridized carbons (Fsp3) is 0.308. The van der Waals surface area contributed by atoms with Crippen LogP contribution in [0, 0.1) is 6.92 Å². The first-order chi connectivity index (χ1) is 9.86. The summed E-state index contributed by atoms with van der Waals surface area (Å²) in [5.74, 6) is -0.871. The summed E-state index contributed by atoms with van der Waals surface area (Å²) < 4.78 is 2.05. The number of carbonyl (C=O) groups excluding carboxylic acids is 2. The third-order valence-electron chi connectivity index (χ3n) is 3.15. The number of primary amides is 1. The van der Waals surface area contributed by atoms with Crippen molar-refractivity contribution in [3.63, 3.8) is 0 Å². The second kappa shape index (κ2) is 5.98. The van der Waals surface area contributed by atoms with Gasteiger partial charge in [0.2, 0.25) is 0 Å². The highest BCUT2D eigenvalue weighted by Crippen LogP contribution is 2.33. The zero-order valence-electron chi connectivity index (χ0n) is 11.9. The minimum atomic E-state index is -0.532. The van der Waals surface area contributed by atoms with E-state index in [0.29, 0.717) is 27.2 Å². The lowest BCUT2D eigenvalue weighted by atomic mass is 10.1. The number of anilines is 1. The molecule has 112 valence electrons. The van der Waals surface area contributed by atoms with Crippen LogP contribution in [-0.4, -0.2) is 21.6 Å². The lowest BCUT2D eigenvalue weighted by molar-refractivity contribution is 0.100. The molecule has 0 radical (unpaired) electrons. The van der Waals surface area contributed by atoms with Crippen LogP contribution < -0.4 is 11.1 Å². The van der Waals surface area contributed by atoms with E-state index >= 15 is 0 Å². The largest absolute Gasteiger partial charge is 0.365 e. The Kier molecular flexibility index (Phi) is 4.48. The Balaban J connectivity index is 2.41. The molecule has 0 aliphatic heterocycles. The zero-order chi connectivity index (χ0) is 15.7. The maximum atomic E-state index is 12.4. The molecule has 0 saturated carbocycles. The predicted molar refractivity (Wildman–Crippen MR) is 85.8 cm³/mol. The Morgan fingerprint density at radius 1 is 1.52 bits per heavy atom. The number of nitrogens with two attached hydrogens (primary N) is 1. The van der Waals surface area contributed by atoms with Crippen LogP contribution in [0.1, 0.15) is 38.2 Å². The maximum absolute atomic E-state index is 12.4. The Labute approximate surface area is 134 Å². The van der Waals surface area contributed by atoms with Crippen molar-refractivity contribution < 1.29 is 9.59 Å². The first-order valence-electron chi connectivity index (χ1n) is 6.27. The van der Waals surface area contributed by atoms with E-state index in [1.54, 1.807) is 13.2 Å². The first-order valence-corrected chi connectivity index (χ1v) is 7.88. The molecule has 0 aliphatic carbocycles. The number of amides is 2. The van der Waals surface area contributed by atoms with Gasteiger partial charge in [-0.25, -0.2) is 0 Å². The van der Waals surface area contributed by atoms with Crippen LogP contribution >= 0.6 is 27.3 Å². The second-order valence-electron chi connectivity index (χ2n) is 4.48. The van der Waals surface area contributed by atoms with Crippen LogP contribution in [0.5, 0.6) is 0 Å². The third kappa shape index (κ3) is 2.86. The first kappa shape index (κ1) is 15.7. The molecule has 0 unspecified atom stereocenters. The van der Waals surface area contributed by atoms with Gasteiger partial charge in [-0.2, -0.15) is 5.10 Å². The maximum Gasteiger partial charge on any atom is 0.275 e.